The van der Waals surface area contributed by atoms with Gasteiger partial charge in [-0.25, -0.2) is 0 Å². The van der Waals surface area contributed by atoms with E-state index in [1.807, 2.05) is 0 Å². The molecule has 2 aliphatic carbocycles. The van der Waals surface area contributed by atoms with Gasteiger partial charge in [0.05, 0.1) is 12.2 Å². The molecule has 6 unspecified atom stereocenters. The van der Waals surface area contributed by atoms with Crippen molar-refractivity contribution in [1.82, 2.24) is 0 Å². The number of hydrogen-bond donors (Lipinski definition) is 0. The van der Waals surface area contributed by atoms with Crippen molar-refractivity contribution >= 4 is 0 Å². The highest BCUT2D eigenvalue weighted by Gasteiger charge is 2.33. The Bertz CT molecular complexity index is 250. The zero-order valence-corrected chi connectivity index (χ0v) is 12.8. The first-order valence-corrected chi connectivity index (χ1v) is 8.25. The Labute approximate surface area is 114 Å². The molecule has 1 nitrogen and oxygen atoms in total. The van der Waals surface area contributed by atoms with Crippen LogP contribution >= 0.6 is 0 Å². The second-order valence-corrected chi connectivity index (χ2v) is 7.17. The molecule has 0 aromatic carbocycles. The van der Waals surface area contributed by atoms with Gasteiger partial charge in [-0.2, -0.15) is 0 Å². The molecule has 0 saturated heterocycles. The first-order chi connectivity index (χ1) is 8.60. The van der Waals surface area contributed by atoms with Gasteiger partial charge in [0, 0.05) is 0 Å². The van der Waals surface area contributed by atoms with Crippen LogP contribution in [0.2, 0.25) is 0 Å². The van der Waals surface area contributed by atoms with Gasteiger partial charge in [0.25, 0.3) is 0 Å². The molecule has 0 bridgehead atoms. The lowest BCUT2D eigenvalue weighted by Crippen LogP contribution is -2.38. The van der Waals surface area contributed by atoms with E-state index in [0.717, 1.165) is 23.7 Å². The third kappa shape index (κ3) is 3.50. The average Bonchev–Trinajstić information content (AvgIpc) is 2.36. The van der Waals surface area contributed by atoms with Crippen molar-refractivity contribution in [2.45, 2.75) is 84.8 Å². The minimum atomic E-state index is 0.541. The smallest absolute Gasteiger partial charge is 0.0607 e. The van der Waals surface area contributed by atoms with Crippen LogP contribution in [-0.4, -0.2) is 12.2 Å². The highest BCUT2D eigenvalue weighted by Crippen LogP contribution is 2.37. The van der Waals surface area contributed by atoms with Crippen LogP contribution in [0.4, 0.5) is 0 Å². The molecule has 0 heterocycles. The maximum Gasteiger partial charge on any atom is 0.0607 e. The zero-order chi connectivity index (χ0) is 13.1. The standard InChI is InChI=1S/C17H32O/c1-5-15-8-9-16(14(4)11-15)18-17-10-12(2)6-7-13(17)3/h12-17H,5-11H2,1-4H3. The van der Waals surface area contributed by atoms with E-state index in [1.165, 1.54) is 44.9 Å². The lowest BCUT2D eigenvalue weighted by atomic mass is 9.78. The second kappa shape index (κ2) is 6.41. The monoisotopic (exact) mass is 252 g/mol. The van der Waals surface area contributed by atoms with E-state index in [2.05, 4.69) is 27.7 Å². The normalized spacial score (nSPS) is 46.0. The topological polar surface area (TPSA) is 9.23 Å². The van der Waals surface area contributed by atoms with Crippen molar-refractivity contribution in [2.75, 3.05) is 0 Å². The summed E-state index contributed by atoms with van der Waals surface area (Å²) in [7, 11) is 0. The minimum absolute atomic E-state index is 0.541. The van der Waals surface area contributed by atoms with Crippen molar-refractivity contribution in [1.29, 1.82) is 0 Å². The first kappa shape index (κ1) is 14.4. The Balaban J connectivity index is 1.85. The van der Waals surface area contributed by atoms with Gasteiger partial charge in [-0.15, -0.1) is 0 Å². The molecule has 1 heteroatoms. The summed E-state index contributed by atoms with van der Waals surface area (Å²) in [5, 5.41) is 0. The van der Waals surface area contributed by atoms with Crippen LogP contribution in [0, 0.1) is 23.7 Å². The Morgan fingerprint density at radius 2 is 1.61 bits per heavy atom. The van der Waals surface area contributed by atoms with Crippen LogP contribution in [0.3, 0.4) is 0 Å². The van der Waals surface area contributed by atoms with Crippen LogP contribution in [0.25, 0.3) is 0 Å². The minimum Gasteiger partial charge on any atom is -0.374 e. The Hall–Kier alpha value is -0.0400. The highest BCUT2D eigenvalue weighted by atomic mass is 16.5. The average molecular weight is 252 g/mol. The van der Waals surface area contributed by atoms with Crippen LogP contribution < -0.4 is 0 Å². The number of ether oxygens (including phenoxy) is 1. The van der Waals surface area contributed by atoms with Crippen molar-refractivity contribution in [3.63, 3.8) is 0 Å². The molecule has 106 valence electrons. The third-order valence-corrected chi connectivity index (χ3v) is 5.51. The summed E-state index contributed by atoms with van der Waals surface area (Å²) in [6.07, 6.45) is 10.6. The fraction of sp³-hybridized carbons (Fsp3) is 1.00. The van der Waals surface area contributed by atoms with Gasteiger partial charge in [0.1, 0.15) is 0 Å². The largest absolute Gasteiger partial charge is 0.374 e. The Morgan fingerprint density at radius 3 is 2.28 bits per heavy atom. The summed E-state index contributed by atoms with van der Waals surface area (Å²) in [5.41, 5.74) is 0. The van der Waals surface area contributed by atoms with E-state index in [0.29, 0.717) is 12.2 Å². The summed E-state index contributed by atoms with van der Waals surface area (Å²) in [6.45, 7) is 9.52. The molecule has 2 saturated carbocycles. The van der Waals surface area contributed by atoms with Gasteiger partial charge in [0.2, 0.25) is 0 Å². The van der Waals surface area contributed by atoms with Crippen LogP contribution in [0.15, 0.2) is 0 Å². The third-order valence-electron chi connectivity index (χ3n) is 5.51. The quantitative estimate of drug-likeness (QED) is 0.683. The van der Waals surface area contributed by atoms with Crippen molar-refractivity contribution in [2.24, 2.45) is 23.7 Å². The Morgan fingerprint density at radius 1 is 0.833 bits per heavy atom. The van der Waals surface area contributed by atoms with Crippen LogP contribution in [0.1, 0.15) is 72.6 Å². The molecule has 0 radical (unpaired) electrons. The molecule has 0 spiro atoms. The van der Waals surface area contributed by atoms with E-state index in [1.54, 1.807) is 0 Å². The number of rotatable bonds is 3. The maximum atomic E-state index is 6.52. The lowest BCUT2D eigenvalue weighted by Gasteiger charge is -2.40. The maximum absolute atomic E-state index is 6.52. The zero-order valence-electron chi connectivity index (χ0n) is 12.8. The lowest BCUT2D eigenvalue weighted by molar-refractivity contribution is -0.101. The van der Waals surface area contributed by atoms with Gasteiger partial charge in [-0.1, -0.05) is 40.5 Å². The predicted molar refractivity (Wildman–Crippen MR) is 77.6 cm³/mol. The molecule has 18 heavy (non-hydrogen) atoms. The van der Waals surface area contributed by atoms with Gasteiger partial charge in [-0.3, -0.25) is 0 Å². The van der Waals surface area contributed by atoms with Gasteiger partial charge in [-0.05, 0) is 55.8 Å². The Kier molecular flexibility index (Phi) is 5.12. The highest BCUT2D eigenvalue weighted by molar-refractivity contribution is 4.82. The van der Waals surface area contributed by atoms with Gasteiger partial charge >= 0.3 is 0 Å². The summed E-state index contributed by atoms with van der Waals surface area (Å²) in [5.74, 6) is 3.38. The fourth-order valence-corrected chi connectivity index (χ4v) is 3.95. The van der Waals surface area contributed by atoms with E-state index in [9.17, 15) is 0 Å². The molecule has 2 aliphatic rings. The summed E-state index contributed by atoms with van der Waals surface area (Å²) in [6, 6.07) is 0. The first-order valence-electron chi connectivity index (χ1n) is 8.25. The van der Waals surface area contributed by atoms with Gasteiger partial charge in [0.15, 0.2) is 0 Å². The molecule has 0 amide bonds. The molecule has 6 atom stereocenters. The molecule has 2 fully saturated rings. The summed E-state index contributed by atoms with van der Waals surface area (Å²) in [4.78, 5) is 0. The van der Waals surface area contributed by atoms with Crippen LogP contribution in [-0.2, 0) is 4.74 Å². The van der Waals surface area contributed by atoms with Crippen molar-refractivity contribution in [3.8, 4) is 0 Å². The summed E-state index contributed by atoms with van der Waals surface area (Å²) < 4.78 is 6.52. The van der Waals surface area contributed by atoms with Crippen molar-refractivity contribution in [3.05, 3.63) is 0 Å². The fourth-order valence-electron chi connectivity index (χ4n) is 3.95. The molecular formula is C17H32O. The molecular weight excluding hydrogens is 220 g/mol. The molecule has 2 rings (SSSR count). The summed E-state index contributed by atoms with van der Waals surface area (Å²) >= 11 is 0. The van der Waals surface area contributed by atoms with E-state index >= 15 is 0 Å². The molecule has 0 N–H and O–H groups in total. The second-order valence-electron chi connectivity index (χ2n) is 7.17. The van der Waals surface area contributed by atoms with Gasteiger partial charge < -0.3 is 4.74 Å². The molecule has 0 aromatic heterocycles. The van der Waals surface area contributed by atoms with E-state index in [4.69, 9.17) is 4.74 Å². The van der Waals surface area contributed by atoms with E-state index in [-0.39, 0.29) is 0 Å². The molecule has 0 aromatic rings. The predicted octanol–water partition coefficient (Wildman–Crippen LogP) is 5.04. The van der Waals surface area contributed by atoms with Crippen LogP contribution in [0.5, 0.6) is 0 Å². The van der Waals surface area contributed by atoms with E-state index < -0.39 is 0 Å². The number of hydrogen-bond acceptors (Lipinski definition) is 1. The molecule has 0 aliphatic heterocycles. The SMILES string of the molecule is CCC1CCC(OC2CC(C)CCC2C)C(C)C1. The van der Waals surface area contributed by atoms with Crippen molar-refractivity contribution < 1.29 is 4.74 Å².